The van der Waals surface area contributed by atoms with E-state index in [-0.39, 0.29) is 36.0 Å². The number of ether oxygens (including phenoxy) is 7. The second-order valence-electron chi connectivity index (χ2n) is 19.3. The van der Waals surface area contributed by atoms with E-state index in [0.717, 1.165) is 47.6 Å². The fourth-order valence-corrected chi connectivity index (χ4v) is 11.8. The zero-order valence-electron chi connectivity index (χ0n) is 41.9. The van der Waals surface area contributed by atoms with Gasteiger partial charge in [-0.3, -0.25) is 9.79 Å². The number of methoxy groups -OCH3 is 3. The van der Waals surface area contributed by atoms with Gasteiger partial charge in [-0.15, -0.1) is 0 Å². The predicted octanol–water partition coefficient (Wildman–Crippen LogP) is 9.40. The number of para-hydroxylation sites is 2. The number of aliphatic imine (C=N–C) groups is 1. The molecule has 1 unspecified atom stereocenters. The summed E-state index contributed by atoms with van der Waals surface area (Å²) in [5, 5.41) is 15.8. The molecule has 0 spiro atoms. The number of carbonyl (C=O) groups excluding carboxylic acids is 1. The first-order valence-electron chi connectivity index (χ1n) is 24.6. The Hall–Kier alpha value is -5.97. The lowest BCUT2D eigenvalue weighted by atomic mass is 10.1. The standard InChI is InChI=1S/C56H67N5O9S/c1-36(2)71-56(3,4)35-59(16-17-67-20-21-68-19-18-64-5)41-23-37(33-69-52-29-46-44(27-50(52)65-6)54(62)60-42(31-57-46)25-39-12-8-10-14-48(39)60)22-38(24-41)34-70-53-30-47-45(28-51(53)66-7)55(63)61-43(32-58-47)26-40-13-9-11-15-49(40)61/h8-15,22-24,27-31,36,42-43,54,58,62H,16-21,25-26,32-35H2,1-7H3/t42-,43-,54?/m0/s1. The molecule has 0 saturated heterocycles. The Morgan fingerprint density at radius 1 is 0.789 bits per heavy atom. The zero-order valence-corrected chi connectivity index (χ0v) is 42.8. The molecule has 9 rings (SSSR count). The number of nitrogens with zero attached hydrogens (tertiary/aromatic N) is 4. The highest BCUT2D eigenvalue weighted by Gasteiger charge is 2.39. The van der Waals surface area contributed by atoms with Crippen LogP contribution in [0.15, 0.2) is 96.0 Å². The average Bonchev–Trinajstić information content (AvgIpc) is 3.85. The Labute approximate surface area is 422 Å². The van der Waals surface area contributed by atoms with E-state index in [2.05, 4.69) is 68.2 Å². The highest BCUT2D eigenvalue weighted by atomic mass is 32.2. The fraction of sp³-hybridized carbons (Fsp3) is 0.429. The van der Waals surface area contributed by atoms with Gasteiger partial charge in [-0.25, -0.2) is 0 Å². The number of aliphatic hydroxyl groups excluding tert-OH is 1. The monoisotopic (exact) mass is 985 g/mol. The lowest BCUT2D eigenvalue weighted by molar-refractivity contribution is 0.0264. The quantitative estimate of drug-likeness (QED) is 0.0639. The third-order valence-corrected chi connectivity index (χ3v) is 14.5. The molecule has 1 amide bonds. The van der Waals surface area contributed by atoms with Crippen molar-refractivity contribution >= 4 is 52.3 Å². The number of hydrogen-bond donors (Lipinski definition) is 2. The number of rotatable bonds is 22. The van der Waals surface area contributed by atoms with Crippen LogP contribution < -0.4 is 39.0 Å². The maximum atomic E-state index is 14.2. The SMILES string of the molecule is COCCOCCOCCN(CC(C)(C)SC(C)C)c1cc(COc2cc3c(cc2OC)C(O)N2c4ccccc4C[C@H]2C=N3)cc(COc2cc3c(cc2OC)C(=O)N2c4ccccc4C[C@H]2CN3)c1. The van der Waals surface area contributed by atoms with Gasteiger partial charge in [0.15, 0.2) is 29.2 Å². The van der Waals surface area contributed by atoms with Crippen LogP contribution in [-0.2, 0) is 40.3 Å². The van der Waals surface area contributed by atoms with Crippen molar-refractivity contribution in [3.8, 4) is 23.0 Å². The predicted molar refractivity (Wildman–Crippen MR) is 282 cm³/mol. The van der Waals surface area contributed by atoms with E-state index in [0.29, 0.717) is 96.9 Å². The molecule has 5 aromatic carbocycles. The molecule has 4 heterocycles. The van der Waals surface area contributed by atoms with Crippen molar-refractivity contribution in [1.82, 2.24) is 0 Å². The van der Waals surface area contributed by atoms with Crippen LogP contribution in [0.25, 0.3) is 0 Å². The van der Waals surface area contributed by atoms with Gasteiger partial charge in [-0.1, -0.05) is 50.2 Å². The van der Waals surface area contributed by atoms with E-state index >= 15 is 0 Å². The molecule has 2 N–H and O–H groups in total. The summed E-state index contributed by atoms with van der Waals surface area (Å²) in [4.78, 5) is 25.4. The second kappa shape index (κ2) is 22.2. The molecular formula is C56H67N5O9S. The normalized spacial score (nSPS) is 17.6. The second-order valence-corrected chi connectivity index (χ2v) is 21.5. The molecule has 0 saturated carbocycles. The van der Waals surface area contributed by atoms with E-state index in [1.54, 1.807) is 27.4 Å². The van der Waals surface area contributed by atoms with Crippen LogP contribution in [0.4, 0.5) is 28.4 Å². The van der Waals surface area contributed by atoms with Crippen LogP contribution in [0.1, 0.15) is 72.1 Å². The molecule has 71 heavy (non-hydrogen) atoms. The van der Waals surface area contributed by atoms with E-state index in [1.165, 1.54) is 11.1 Å². The molecule has 4 aliphatic heterocycles. The van der Waals surface area contributed by atoms with Crippen molar-refractivity contribution < 1.29 is 43.1 Å². The van der Waals surface area contributed by atoms with Gasteiger partial charge in [0.1, 0.15) is 13.2 Å². The Morgan fingerprint density at radius 2 is 1.44 bits per heavy atom. The lowest BCUT2D eigenvalue weighted by Crippen LogP contribution is -2.39. The summed E-state index contributed by atoms with van der Waals surface area (Å²) in [6.45, 7) is 13.9. The third-order valence-electron chi connectivity index (χ3n) is 13.3. The van der Waals surface area contributed by atoms with Crippen LogP contribution in [-0.4, -0.2) is 113 Å². The molecule has 14 nitrogen and oxygen atoms in total. The summed E-state index contributed by atoms with van der Waals surface area (Å²) in [5.41, 5.74) is 9.63. The summed E-state index contributed by atoms with van der Waals surface area (Å²) in [6, 6.07) is 30.0. The van der Waals surface area contributed by atoms with Gasteiger partial charge in [0.25, 0.3) is 5.91 Å². The van der Waals surface area contributed by atoms with E-state index < -0.39 is 6.23 Å². The van der Waals surface area contributed by atoms with Crippen LogP contribution in [0.3, 0.4) is 0 Å². The van der Waals surface area contributed by atoms with Crippen molar-refractivity contribution in [1.29, 1.82) is 0 Å². The Kier molecular flexibility index (Phi) is 15.6. The van der Waals surface area contributed by atoms with Gasteiger partial charge in [-0.2, -0.15) is 11.8 Å². The first kappa shape index (κ1) is 50.0. The van der Waals surface area contributed by atoms with Crippen LogP contribution in [0, 0.1) is 0 Å². The van der Waals surface area contributed by atoms with Gasteiger partial charge in [0.05, 0.1) is 76.3 Å². The molecule has 3 atom stereocenters. The van der Waals surface area contributed by atoms with E-state index in [9.17, 15) is 9.90 Å². The summed E-state index contributed by atoms with van der Waals surface area (Å²) in [5.74, 6) is 1.92. The number of fused-ring (bicyclic) bond motifs is 8. The number of carbonyl (C=O) groups is 1. The molecule has 0 fully saturated rings. The molecule has 376 valence electrons. The number of thioether (sulfide) groups is 1. The van der Waals surface area contributed by atoms with Gasteiger partial charge >= 0.3 is 0 Å². The molecule has 0 aliphatic carbocycles. The maximum Gasteiger partial charge on any atom is 0.260 e. The number of aliphatic hydroxyl groups is 1. The Balaban J connectivity index is 1.00. The highest BCUT2D eigenvalue weighted by Crippen LogP contribution is 2.46. The molecule has 0 radical (unpaired) electrons. The fourth-order valence-electron chi connectivity index (χ4n) is 10.2. The van der Waals surface area contributed by atoms with Gasteiger partial charge < -0.3 is 58.3 Å². The van der Waals surface area contributed by atoms with E-state index in [4.69, 9.17) is 38.2 Å². The maximum absolute atomic E-state index is 14.2. The minimum atomic E-state index is -0.927. The first-order valence-corrected chi connectivity index (χ1v) is 25.4. The Bertz CT molecular complexity index is 2710. The zero-order chi connectivity index (χ0) is 49.6. The van der Waals surface area contributed by atoms with Gasteiger partial charge in [0, 0.05) is 78.9 Å². The number of hydrogen-bond acceptors (Lipinski definition) is 14. The number of anilines is 4. The van der Waals surface area contributed by atoms with Crippen molar-refractivity contribution in [2.24, 2.45) is 4.99 Å². The number of amides is 1. The molecule has 0 bridgehead atoms. The topological polar surface area (TPSA) is 136 Å². The molecule has 15 heteroatoms. The Morgan fingerprint density at radius 3 is 2.14 bits per heavy atom. The highest BCUT2D eigenvalue weighted by molar-refractivity contribution is 8.01. The van der Waals surface area contributed by atoms with Crippen molar-refractivity contribution in [3.63, 3.8) is 0 Å². The average molecular weight is 986 g/mol. The summed E-state index contributed by atoms with van der Waals surface area (Å²) in [6.07, 6.45) is 2.54. The molecule has 0 aromatic heterocycles. The summed E-state index contributed by atoms with van der Waals surface area (Å²) in [7, 11) is 4.87. The minimum absolute atomic E-state index is 0.00139. The van der Waals surface area contributed by atoms with Crippen LogP contribution in [0.5, 0.6) is 23.0 Å². The van der Waals surface area contributed by atoms with Crippen molar-refractivity contribution in [2.45, 2.75) is 82.1 Å². The van der Waals surface area contributed by atoms with Gasteiger partial charge in [-0.05, 0) is 90.2 Å². The smallest absolute Gasteiger partial charge is 0.260 e. The van der Waals surface area contributed by atoms with Crippen molar-refractivity contribution in [2.75, 3.05) is 94.0 Å². The summed E-state index contributed by atoms with van der Waals surface area (Å²) >= 11 is 1.94. The lowest BCUT2D eigenvalue weighted by Gasteiger charge is -2.35. The van der Waals surface area contributed by atoms with Crippen LogP contribution in [0.2, 0.25) is 0 Å². The van der Waals surface area contributed by atoms with Crippen LogP contribution >= 0.6 is 11.8 Å². The molecule has 5 aromatic rings. The largest absolute Gasteiger partial charge is 0.493 e. The molecular weight excluding hydrogens is 919 g/mol. The third kappa shape index (κ3) is 11.2. The number of nitrogens with one attached hydrogen (secondary N) is 1. The first-order chi connectivity index (χ1) is 34.4. The van der Waals surface area contributed by atoms with Crippen molar-refractivity contribution in [3.05, 3.63) is 124 Å². The minimum Gasteiger partial charge on any atom is -0.493 e. The molecule has 4 aliphatic rings. The summed E-state index contributed by atoms with van der Waals surface area (Å²) < 4.78 is 42.0. The number of benzene rings is 5. The van der Waals surface area contributed by atoms with Gasteiger partial charge in [0.2, 0.25) is 0 Å². The van der Waals surface area contributed by atoms with E-state index in [1.807, 2.05) is 82.4 Å².